The smallest absolute Gasteiger partial charge is 0.239 e. The Balaban J connectivity index is 2.90. The van der Waals surface area contributed by atoms with Gasteiger partial charge < -0.3 is 5.32 Å². The lowest BCUT2D eigenvalue weighted by molar-refractivity contribution is -0.113. The van der Waals surface area contributed by atoms with E-state index in [-0.39, 0.29) is 17.5 Å². The van der Waals surface area contributed by atoms with Crippen LogP contribution in [-0.2, 0) is 20.6 Å². The number of hydrogen-bond donors (Lipinski definition) is 2. The third-order valence-corrected chi connectivity index (χ3v) is 3.03. The quantitative estimate of drug-likeness (QED) is 0.803. The minimum absolute atomic E-state index is 0.127. The molecule has 0 saturated heterocycles. The number of hydrogen-bond acceptors (Lipinski definition) is 3. The van der Waals surface area contributed by atoms with Crippen LogP contribution in [0.15, 0.2) is 18.2 Å². The number of benzene rings is 1. The highest BCUT2D eigenvalue weighted by molar-refractivity contribution is 7.88. The minimum atomic E-state index is -3.54. The molecule has 0 bridgehead atoms. The fourth-order valence-corrected chi connectivity index (χ4v) is 2.08. The van der Waals surface area contributed by atoms with E-state index in [0.29, 0.717) is 11.3 Å². The lowest BCUT2D eigenvalue weighted by atomic mass is 10.1. The Hall–Kier alpha value is -1.11. The Morgan fingerprint density at radius 1 is 1.47 bits per heavy atom. The van der Waals surface area contributed by atoms with Crippen molar-refractivity contribution >= 4 is 33.2 Å². The molecule has 17 heavy (non-hydrogen) atoms. The number of anilines is 1. The van der Waals surface area contributed by atoms with E-state index in [2.05, 4.69) is 5.32 Å². The molecule has 1 aromatic rings. The molecule has 0 aliphatic carbocycles. The highest BCUT2D eigenvalue weighted by Gasteiger charge is 2.08. The predicted octanol–water partition coefficient (Wildman–Crippen LogP) is 0.961. The first-order valence-electron chi connectivity index (χ1n) is 4.77. The first kappa shape index (κ1) is 14.0. The number of sulfonamides is 1. The number of carbonyl (C=O) groups excluding carboxylic acids is 1. The van der Waals surface area contributed by atoms with Crippen molar-refractivity contribution in [1.82, 2.24) is 0 Å². The van der Waals surface area contributed by atoms with Crippen molar-refractivity contribution in [2.45, 2.75) is 12.7 Å². The van der Waals surface area contributed by atoms with Crippen LogP contribution >= 0.6 is 11.6 Å². The van der Waals surface area contributed by atoms with Crippen LogP contribution in [0.4, 0.5) is 5.69 Å². The number of rotatable bonds is 4. The predicted molar refractivity (Wildman–Crippen MR) is 67.3 cm³/mol. The molecule has 7 heteroatoms. The van der Waals surface area contributed by atoms with E-state index < -0.39 is 10.0 Å². The third-order valence-electron chi connectivity index (χ3n) is 2.05. The van der Waals surface area contributed by atoms with E-state index in [0.717, 1.165) is 5.56 Å². The number of amides is 1. The summed E-state index contributed by atoms with van der Waals surface area (Å²) in [5.74, 6) is -0.662. The number of nitrogens with two attached hydrogens (primary N) is 1. The molecule has 1 amide bonds. The molecule has 0 spiro atoms. The molecule has 1 rings (SSSR count). The van der Waals surface area contributed by atoms with Gasteiger partial charge in [-0.3, -0.25) is 4.79 Å². The number of halogens is 1. The number of carbonyl (C=O) groups is 1. The Morgan fingerprint density at radius 3 is 2.59 bits per heavy atom. The van der Waals surface area contributed by atoms with Crippen LogP contribution < -0.4 is 10.5 Å². The van der Waals surface area contributed by atoms with Crippen molar-refractivity contribution in [3.05, 3.63) is 29.3 Å². The van der Waals surface area contributed by atoms with Crippen LogP contribution in [0.1, 0.15) is 11.1 Å². The summed E-state index contributed by atoms with van der Waals surface area (Å²) in [4.78, 5) is 11.1. The third kappa shape index (κ3) is 4.72. The van der Waals surface area contributed by atoms with Crippen molar-refractivity contribution in [1.29, 1.82) is 0 Å². The molecule has 0 aromatic heterocycles. The molecular formula is C10H13ClN2O3S. The molecule has 0 aliphatic heterocycles. The molecule has 5 nitrogen and oxygen atoms in total. The Morgan fingerprint density at radius 2 is 2.12 bits per heavy atom. The van der Waals surface area contributed by atoms with Gasteiger partial charge in [0.2, 0.25) is 15.9 Å². The second-order valence-corrected chi connectivity index (χ2v) is 5.52. The van der Waals surface area contributed by atoms with Gasteiger partial charge in [-0.2, -0.15) is 0 Å². The molecule has 0 heterocycles. The van der Waals surface area contributed by atoms with Gasteiger partial charge in [0.15, 0.2) is 0 Å². The molecule has 0 fully saturated rings. The van der Waals surface area contributed by atoms with E-state index in [1.165, 1.54) is 0 Å². The summed E-state index contributed by atoms with van der Waals surface area (Å²) in [7, 11) is -3.54. The van der Waals surface area contributed by atoms with Gasteiger partial charge in [-0.05, 0) is 24.1 Å². The van der Waals surface area contributed by atoms with Crippen LogP contribution in [0.5, 0.6) is 0 Å². The van der Waals surface area contributed by atoms with Crippen molar-refractivity contribution in [2.75, 3.05) is 11.2 Å². The average Bonchev–Trinajstić information content (AvgIpc) is 2.19. The number of aryl methyl sites for hydroxylation is 1. The zero-order chi connectivity index (χ0) is 13.1. The van der Waals surface area contributed by atoms with Gasteiger partial charge in [0, 0.05) is 5.69 Å². The maximum Gasteiger partial charge on any atom is 0.239 e. The first-order chi connectivity index (χ1) is 7.81. The standard InChI is InChI=1S/C10H13ClN2O3S/c1-7-4-8(6-17(12,15)16)2-3-9(7)13-10(14)5-11/h2-4H,5-6H2,1H3,(H,13,14)(H2,12,15,16). The van der Waals surface area contributed by atoms with E-state index in [9.17, 15) is 13.2 Å². The molecule has 1 aromatic carbocycles. The summed E-state index contributed by atoms with van der Waals surface area (Å²) in [6, 6.07) is 4.88. The monoisotopic (exact) mass is 276 g/mol. The van der Waals surface area contributed by atoms with Gasteiger partial charge in [-0.25, -0.2) is 13.6 Å². The fraction of sp³-hybridized carbons (Fsp3) is 0.300. The van der Waals surface area contributed by atoms with Gasteiger partial charge in [-0.15, -0.1) is 11.6 Å². The topological polar surface area (TPSA) is 89.3 Å². The van der Waals surface area contributed by atoms with Crippen LogP contribution in [0.25, 0.3) is 0 Å². The Kier molecular flexibility index (Phi) is 4.50. The average molecular weight is 277 g/mol. The summed E-state index contributed by atoms with van der Waals surface area (Å²) in [5, 5.41) is 7.54. The van der Waals surface area contributed by atoms with Crippen LogP contribution in [0.3, 0.4) is 0 Å². The minimum Gasteiger partial charge on any atom is -0.325 e. The summed E-state index contributed by atoms with van der Waals surface area (Å²) in [6.45, 7) is 1.76. The maximum absolute atomic E-state index is 11.1. The molecule has 0 unspecified atom stereocenters. The molecule has 0 atom stereocenters. The van der Waals surface area contributed by atoms with Crippen molar-refractivity contribution in [2.24, 2.45) is 5.14 Å². The fourth-order valence-electron chi connectivity index (χ4n) is 1.37. The first-order valence-corrected chi connectivity index (χ1v) is 7.02. The normalized spacial score (nSPS) is 11.2. The van der Waals surface area contributed by atoms with E-state index in [1.54, 1.807) is 25.1 Å². The highest BCUT2D eigenvalue weighted by atomic mass is 35.5. The lowest BCUT2D eigenvalue weighted by Gasteiger charge is -2.08. The molecule has 0 aliphatic rings. The summed E-state index contributed by atoms with van der Waals surface area (Å²) in [6.07, 6.45) is 0. The van der Waals surface area contributed by atoms with Crippen LogP contribution in [0.2, 0.25) is 0 Å². The van der Waals surface area contributed by atoms with Crippen LogP contribution in [-0.4, -0.2) is 20.2 Å². The van der Waals surface area contributed by atoms with Gasteiger partial charge >= 0.3 is 0 Å². The SMILES string of the molecule is Cc1cc(CS(N)(=O)=O)ccc1NC(=O)CCl. The Labute approximate surface area is 105 Å². The summed E-state index contributed by atoms with van der Waals surface area (Å²) in [5.41, 5.74) is 1.94. The van der Waals surface area contributed by atoms with Crippen LogP contribution in [0, 0.1) is 6.92 Å². The summed E-state index contributed by atoms with van der Waals surface area (Å²) < 4.78 is 21.8. The highest BCUT2D eigenvalue weighted by Crippen LogP contribution is 2.17. The molecule has 0 saturated carbocycles. The van der Waals surface area contributed by atoms with Crippen molar-refractivity contribution < 1.29 is 13.2 Å². The molecule has 3 N–H and O–H groups in total. The van der Waals surface area contributed by atoms with Gasteiger partial charge in [-0.1, -0.05) is 12.1 Å². The largest absolute Gasteiger partial charge is 0.325 e. The van der Waals surface area contributed by atoms with E-state index >= 15 is 0 Å². The van der Waals surface area contributed by atoms with Gasteiger partial charge in [0.1, 0.15) is 5.88 Å². The number of alkyl halides is 1. The maximum atomic E-state index is 11.1. The summed E-state index contributed by atoms with van der Waals surface area (Å²) >= 11 is 5.36. The van der Waals surface area contributed by atoms with Gasteiger partial charge in [0.25, 0.3) is 0 Å². The van der Waals surface area contributed by atoms with E-state index in [1.807, 2.05) is 0 Å². The molecular weight excluding hydrogens is 264 g/mol. The molecule has 94 valence electrons. The number of primary sulfonamides is 1. The number of nitrogens with one attached hydrogen (secondary N) is 1. The van der Waals surface area contributed by atoms with E-state index in [4.69, 9.17) is 16.7 Å². The lowest BCUT2D eigenvalue weighted by Crippen LogP contribution is -2.15. The molecule has 0 radical (unpaired) electrons. The van der Waals surface area contributed by atoms with Gasteiger partial charge in [0.05, 0.1) is 5.75 Å². The second kappa shape index (κ2) is 5.48. The Bertz CT molecular complexity index is 528. The zero-order valence-corrected chi connectivity index (χ0v) is 10.8. The second-order valence-electron chi connectivity index (χ2n) is 3.64. The van der Waals surface area contributed by atoms with Crippen molar-refractivity contribution in [3.63, 3.8) is 0 Å². The van der Waals surface area contributed by atoms with Crippen molar-refractivity contribution in [3.8, 4) is 0 Å². The zero-order valence-electron chi connectivity index (χ0n) is 9.23.